The maximum absolute atomic E-state index is 13.2. The summed E-state index contributed by atoms with van der Waals surface area (Å²) in [6.45, 7) is 0.587. The number of aromatic nitrogens is 3. The molecule has 0 radical (unpaired) electrons. The van der Waals surface area contributed by atoms with Gasteiger partial charge in [0.1, 0.15) is 29.1 Å². The fourth-order valence-corrected chi connectivity index (χ4v) is 3.98. The van der Waals surface area contributed by atoms with Crippen molar-refractivity contribution >= 4 is 5.91 Å². The van der Waals surface area contributed by atoms with Gasteiger partial charge in [-0.15, -0.1) is 0 Å². The summed E-state index contributed by atoms with van der Waals surface area (Å²) in [5.41, 5.74) is 2.56. The predicted octanol–water partition coefficient (Wildman–Crippen LogP) is 4.91. The number of nitrogens with one attached hydrogen (secondary N) is 1. The summed E-state index contributed by atoms with van der Waals surface area (Å²) in [5, 5.41) is 7.00. The van der Waals surface area contributed by atoms with E-state index in [1.165, 1.54) is 24.3 Å². The van der Waals surface area contributed by atoms with Crippen LogP contribution in [0.5, 0.6) is 0 Å². The molecule has 6 nitrogen and oxygen atoms in total. The molecule has 1 aliphatic rings. The van der Waals surface area contributed by atoms with Gasteiger partial charge < -0.3 is 9.32 Å². The Morgan fingerprint density at radius 1 is 1.09 bits per heavy atom. The van der Waals surface area contributed by atoms with Crippen molar-refractivity contribution in [2.24, 2.45) is 0 Å². The highest BCUT2D eigenvalue weighted by Crippen LogP contribution is 2.33. The second-order valence-corrected chi connectivity index (χ2v) is 7.80. The summed E-state index contributed by atoms with van der Waals surface area (Å²) in [5.74, 6) is 0.350. The Morgan fingerprint density at radius 3 is 2.56 bits per heavy atom. The van der Waals surface area contributed by atoms with Crippen molar-refractivity contribution in [3.8, 4) is 11.3 Å². The molecular weight excluding hydrogens is 414 g/mol. The number of nitrogens with zero attached hydrogens (tertiary/aromatic N) is 3. The van der Waals surface area contributed by atoms with E-state index >= 15 is 0 Å². The zero-order valence-corrected chi connectivity index (χ0v) is 17.1. The lowest BCUT2D eigenvalue weighted by atomic mass is 10.1. The maximum atomic E-state index is 13.2. The Bertz CT molecular complexity index is 1230. The van der Waals surface area contributed by atoms with Crippen molar-refractivity contribution in [3.63, 3.8) is 0 Å². The Morgan fingerprint density at radius 2 is 1.81 bits per heavy atom. The average molecular weight is 434 g/mol. The van der Waals surface area contributed by atoms with Crippen LogP contribution in [0.15, 0.2) is 65.2 Å². The summed E-state index contributed by atoms with van der Waals surface area (Å²) in [6, 6.07) is 13.6. The summed E-state index contributed by atoms with van der Waals surface area (Å²) >= 11 is 0. The van der Waals surface area contributed by atoms with Gasteiger partial charge in [0.25, 0.3) is 5.91 Å². The van der Waals surface area contributed by atoms with E-state index in [0.717, 1.165) is 24.0 Å². The molecule has 1 atom stereocenters. The fraction of sp³-hybridized carbons (Fsp3) is 0.208. The summed E-state index contributed by atoms with van der Waals surface area (Å²) in [6.07, 6.45) is 3.74. The van der Waals surface area contributed by atoms with Crippen molar-refractivity contribution in [2.75, 3.05) is 6.54 Å². The number of rotatable bonds is 5. The molecule has 0 aliphatic carbocycles. The Hall–Kier alpha value is -3.81. The molecule has 162 valence electrons. The number of aromatic amines is 1. The van der Waals surface area contributed by atoms with E-state index in [1.54, 1.807) is 41.4 Å². The van der Waals surface area contributed by atoms with Crippen molar-refractivity contribution < 1.29 is 18.0 Å². The van der Waals surface area contributed by atoms with E-state index in [2.05, 4.69) is 15.2 Å². The lowest BCUT2D eigenvalue weighted by Gasteiger charge is -2.21. The summed E-state index contributed by atoms with van der Waals surface area (Å²) < 4.78 is 32.2. The van der Waals surface area contributed by atoms with Crippen molar-refractivity contribution in [3.05, 3.63) is 95.3 Å². The molecule has 32 heavy (non-hydrogen) atoms. The van der Waals surface area contributed by atoms with Crippen LogP contribution in [-0.2, 0) is 6.42 Å². The number of likely N-dealkylation sites (tertiary alicyclic amines) is 1. The van der Waals surface area contributed by atoms with E-state index in [9.17, 15) is 13.6 Å². The molecule has 5 rings (SSSR count). The Kier molecular flexibility index (Phi) is 5.26. The van der Waals surface area contributed by atoms with Crippen molar-refractivity contribution in [2.45, 2.75) is 25.3 Å². The first-order valence-electron chi connectivity index (χ1n) is 10.4. The van der Waals surface area contributed by atoms with Crippen LogP contribution in [0.2, 0.25) is 0 Å². The van der Waals surface area contributed by atoms with Gasteiger partial charge in [0.15, 0.2) is 0 Å². The third kappa shape index (κ3) is 4.03. The molecule has 0 spiro atoms. The smallest absolute Gasteiger partial charge is 0.272 e. The quantitative estimate of drug-likeness (QED) is 0.484. The van der Waals surface area contributed by atoms with Crippen LogP contribution in [0.1, 0.15) is 46.6 Å². The molecule has 2 aromatic heterocycles. The van der Waals surface area contributed by atoms with Gasteiger partial charge in [0, 0.05) is 18.5 Å². The van der Waals surface area contributed by atoms with Gasteiger partial charge in [-0.3, -0.25) is 9.89 Å². The van der Waals surface area contributed by atoms with Gasteiger partial charge in [-0.2, -0.15) is 5.10 Å². The minimum Gasteiger partial charge on any atom is -0.443 e. The number of H-pyrrole nitrogens is 1. The minimum absolute atomic E-state index is 0.188. The van der Waals surface area contributed by atoms with Gasteiger partial charge in [-0.1, -0.05) is 12.1 Å². The first kappa shape index (κ1) is 20.1. The van der Waals surface area contributed by atoms with Gasteiger partial charge >= 0.3 is 0 Å². The molecule has 4 aromatic rings. The van der Waals surface area contributed by atoms with Crippen molar-refractivity contribution in [1.29, 1.82) is 0 Å². The van der Waals surface area contributed by atoms with Crippen LogP contribution in [0.4, 0.5) is 8.78 Å². The molecule has 0 bridgehead atoms. The number of oxazole rings is 1. The predicted molar refractivity (Wildman–Crippen MR) is 113 cm³/mol. The maximum Gasteiger partial charge on any atom is 0.272 e. The molecule has 3 heterocycles. The molecule has 1 N–H and O–H groups in total. The molecule has 2 aromatic carbocycles. The topological polar surface area (TPSA) is 75.0 Å². The van der Waals surface area contributed by atoms with E-state index in [-0.39, 0.29) is 23.6 Å². The third-order valence-electron chi connectivity index (χ3n) is 5.61. The lowest BCUT2D eigenvalue weighted by molar-refractivity contribution is 0.0708. The first-order valence-corrected chi connectivity index (χ1v) is 10.4. The largest absolute Gasteiger partial charge is 0.443 e. The molecule has 1 saturated heterocycles. The van der Waals surface area contributed by atoms with Crippen molar-refractivity contribution in [1.82, 2.24) is 20.1 Å². The van der Waals surface area contributed by atoms with E-state index in [0.29, 0.717) is 36.0 Å². The molecule has 1 aliphatic heterocycles. The van der Waals surface area contributed by atoms with Crippen LogP contribution in [0.3, 0.4) is 0 Å². The highest BCUT2D eigenvalue weighted by molar-refractivity contribution is 5.93. The highest BCUT2D eigenvalue weighted by Gasteiger charge is 2.34. The number of halogens is 2. The van der Waals surface area contributed by atoms with Crippen LogP contribution < -0.4 is 0 Å². The zero-order chi connectivity index (χ0) is 22.1. The molecule has 1 unspecified atom stereocenters. The highest BCUT2D eigenvalue weighted by atomic mass is 19.1. The molecule has 0 saturated carbocycles. The van der Waals surface area contributed by atoms with Crippen LogP contribution in [0, 0.1) is 11.6 Å². The third-order valence-corrected chi connectivity index (χ3v) is 5.61. The van der Waals surface area contributed by atoms with E-state index < -0.39 is 0 Å². The standard InChI is InChI=1S/C24H20F2N4O2/c25-17-7-3-15(4-8-17)12-19-14-27-23(32-19)22-2-1-11-30(22)24(31)21-13-20(28-29-21)16-5-9-18(26)10-6-16/h3-10,13-14,22H,1-2,11-12H2,(H,28,29). The SMILES string of the molecule is O=C(c1cc(-c2ccc(F)cc2)n[nH]1)N1CCCC1c1ncc(Cc2ccc(F)cc2)o1. The lowest BCUT2D eigenvalue weighted by Crippen LogP contribution is -2.31. The molecule has 1 fully saturated rings. The summed E-state index contributed by atoms with van der Waals surface area (Å²) in [7, 11) is 0. The Labute approximate surface area is 182 Å². The van der Waals surface area contributed by atoms with Gasteiger partial charge in [0.05, 0.1) is 11.9 Å². The van der Waals surface area contributed by atoms with Gasteiger partial charge in [-0.05, 0) is 60.9 Å². The second kappa shape index (κ2) is 8.37. The second-order valence-electron chi connectivity index (χ2n) is 7.80. The number of hydrogen-bond acceptors (Lipinski definition) is 4. The summed E-state index contributed by atoms with van der Waals surface area (Å²) in [4.78, 5) is 19.3. The minimum atomic E-state index is -0.328. The van der Waals surface area contributed by atoms with Gasteiger partial charge in [-0.25, -0.2) is 13.8 Å². The van der Waals surface area contributed by atoms with E-state index in [4.69, 9.17) is 4.42 Å². The van der Waals surface area contributed by atoms with E-state index in [1.807, 2.05) is 0 Å². The van der Waals surface area contributed by atoms with Crippen LogP contribution in [0.25, 0.3) is 11.3 Å². The van der Waals surface area contributed by atoms with Crippen LogP contribution >= 0.6 is 0 Å². The monoisotopic (exact) mass is 434 g/mol. The molecular formula is C24H20F2N4O2. The number of benzene rings is 2. The zero-order valence-electron chi connectivity index (χ0n) is 17.1. The normalized spacial score (nSPS) is 15.9. The van der Waals surface area contributed by atoms with Crippen LogP contribution in [-0.4, -0.2) is 32.5 Å². The number of amides is 1. The first-order chi connectivity index (χ1) is 15.6. The molecule has 1 amide bonds. The number of hydrogen-bond donors (Lipinski definition) is 1. The fourth-order valence-electron chi connectivity index (χ4n) is 3.98. The Balaban J connectivity index is 1.31. The average Bonchev–Trinajstić information content (AvgIpc) is 3.56. The number of carbonyl (C=O) groups excluding carboxylic acids is 1. The molecule has 8 heteroatoms. The number of carbonyl (C=O) groups is 1. The van der Waals surface area contributed by atoms with Gasteiger partial charge in [0.2, 0.25) is 5.89 Å².